The van der Waals surface area contributed by atoms with Gasteiger partial charge in [-0.2, -0.15) is 0 Å². The smallest absolute Gasteiger partial charge is 0.223 e. The molecular weight excluding hydrogens is 312 g/mol. The summed E-state index contributed by atoms with van der Waals surface area (Å²) in [6.45, 7) is 6.46. The lowest BCUT2D eigenvalue weighted by Crippen LogP contribution is -2.45. The number of nitrogens with zero attached hydrogens (tertiary/aromatic N) is 5. The number of likely N-dealkylation sites (N-methyl/N-ethyl adjacent to an activating group) is 1. The van der Waals surface area contributed by atoms with Gasteiger partial charge in [0.25, 0.3) is 0 Å². The fourth-order valence-corrected chi connectivity index (χ4v) is 2.93. The zero-order valence-corrected chi connectivity index (χ0v) is 15.4. The molecule has 134 valence electrons. The number of anilines is 2. The van der Waals surface area contributed by atoms with Gasteiger partial charge in [-0.15, -0.1) is 0 Å². The van der Waals surface area contributed by atoms with E-state index in [0.29, 0.717) is 5.95 Å². The van der Waals surface area contributed by atoms with Crippen molar-refractivity contribution in [1.82, 2.24) is 19.8 Å². The number of nitrogens with one attached hydrogen (secondary N) is 1. The second-order valence-electron chi connectivity index (χ2n) is 6.78. The Morgan fingerprint density at radius 1 is 1.04 bits per heavy atom. The van der Waals surface area contributed by atoms with E-state index in [1.54, 1.807) is 0 Å². The summed E-state index contributed by atoms with van der Waals surface area (Å²) in [5.74, 6) is 0.698. The van der Waals surface area contributed by atoms with Crippen LogP contribution in [0.4, 0.5) is 11.6 Å². The van der Waals surface area contributed by atoms with Gasteiger partial charge >= 0.3 is 0 Å². The fraction of sp³-hybridized carbons (Fsp3) is 0.474. The van der Waals surface area contributed by atoms with Crippen molar-refractivity contribution >= 4 is 11.6 Å². The molecule has 1 aliphatic heterocycles. The molecule has 3 rings (SSSR count). The third kappa shape index (κ3) is 4.90. The van der Waals surface area contributed by atoms with Crippen LogP contribution < -0.4 is 10.2 Å². The van der Waals surface area contributed by atoms with Crippen LogP contribution in [-0.2, 0) is 0 Å². The Bertz CT molecular complexity index is 662. The second kappa shape index (κ2) is 8.27. The monoisotopic (exact) mass is 340 g/mol. The third-order valence-electron chi connectivity index (χ3n) is 4.64. The largest absolute Gasteiger partial charge is 0.378 e. The maximum atomic E-state index is 4.65. The Kier molecular flexibility index (Phi) is 5.83. The van der Waals surface area contributed by atoms with Gasteiger partial charge in [-0.05, 0) is 25.2 Å². The first-order chi connectivity index (χ1) is 12.1. The van der Waals surface area contributed by atoms with E-state index in [2.05, 4.69) is 61.3 Å². The lowest BCUT2D eigenvalue weighted by atomic mass is 10.1. The van der Waals surface area contributed by atoms with Crippen LogP contribution in [0.1, 0.15) is 0 Å². The van der Waals surface area contributed by atoms with Crippen molar-refractivity contribution in [2.75, 3.05) is 70.6 Å². The van der Waals surface area contributed by atoms with E-state index < -0.39 is 0 Å². The van der Waals surface area contributed by atoms with Crippen molar-refractivity contribution in [2.24, 2.45) is 0 Å². The highest BCUT2D eigenvalue weighted by Crippen LogP contribution is 2.21. The summed E-state index contributed by atoms with van der Waals surface area (Å²) in [6, 6.07) is 10.4. The molecule has 1 aliphatic rings. The molecule has 1 aromatic carbocycles. The highest BCUT2D eigenvalue weighted by atomic mass is 15.3. The van der Waals surface area contributed by atoms with Crippen molar-refractivity contribution in [3.05, 3.63) is 36.5 Å². The molecule has 1 aromatic heterocycles. The van der Waals surface area contributed by atoms with Gasteiger partial charge in [0.05, 0.1) is 5.69 Å². The van der Waals surface area contributed by atoms with Crippen LogP contribution in [0.5, 0.6) is 0 Å². The molecule has 2 heterocycles. The maximum absolute atomic E-state index is 4.65. The number of piperazine rings is 1. The Hall–Kier alpha value is -2.18. The minimum Gasteiger partial charge on any atom is -0.378 e. The lowest BCUT2D eigenvalue weighted by Gasteiger charge is -2.32. The van der Waals surface area contributed by atoms with E-state index in [1.165, 1.54) is 5.69 Å². The average molecular weight is 340 g/mol. The van der Waals surface area contributed by atoms with E-state index in [-0.39, 0.29) is 0 Å². The number of hydrogen-bond acceptors (Lipinski definition) is 6. The first-order valence-corrected chi connectivity index (χ1v) is 8.87. The molecule has 25 heavy (non-hydrogen) atoms. The van der Waals surface area contributed by atoms with E-state index in [4.69, 9.17) is 0 Å². The van der Waals surface area contributed by atoms with Crippen LogP contribution in [0.15, 0.2) is 36.5 Å². The molecule has 1 N–H and O–H groups in total. The number of rotatable bonds is 6. The fourth-order valence-electron chi connectivity index (χ4n) is 2.93. The first-order valence-electron chi connectivity index (χ1n) is 8.87. The molecule has 0 unspecified atom stereocenters. The van der Waals surface area contributed by atoms with E-state index >= 15 is 0 Å². The van der Waals surface area contributed by atoms with Gasteiger partial charge in [0.15, 0.2) is 0 Å². The molecule has 6 nitrogen and oxygen atoms in total. The van der Waals surface area contributed by atoms with Crippen molar-refractivity contribution < 1.29 is 0 Å². The minimum absolute atomic E-state index is 0.698. The van der Waals surface area contributed by atoms with E-state index in [0.717, 1.165) is 50.5 Å². The molecular formula is C19H28N6. The molecule has 0 amide bonds. The summed E-state index contributed by atoms with van der Waals surface area (Å²) in [6.07, 6.45) is 1.82. The Morgan fingerprint density at radius 2 is 1.76 bits per heavy atom. The summed E-state index contributed by atoms with van der Waals surface area (Å²) in [7, 11) is 6.27. The van der Waals surface area contributed by atoms with Crippen molar-refractivity contribution in [3.8, 4) is 11.3 Å². The Balaban J connectivity index is 1.56. The number of hydrogen-bond donors (Lipinski definition) is 1. The number of aromatic nitrogens is 2. The molecule has 6 heteroatoms. The zero-order valence-electron chi connectivity index (χ0n) is 15.4. The summed E-state index contributed by atoms with van der Waals surface area (Å²) < 4.78 is 0. The van der Waals surface area contributed by atoms with Gasteiger partial charge < -0.3 is 15.1 Å². The molecule has 0 saturated carbocycles. The second-order valence-corrected chi connectivity index (χ2v) is 6.78. The quantitative estimate of drug-likeness (QED) is 0.866. The van der Waals surface area contributed by atoms with Crippen LogP contribution in [0, 0.1) is 0 Å². The highest BCUT2D eigenvalue weighted by molar-refractivity contribution is 5.63. The topological polar surface area (TPSA) is 47.5 Å². The van der Waals surface area contributed by atoms with Gasteiger partial charge in [0.1, 0.15) is 0 Å². The normalized spacial score (nSPS) is 16.0. The number of benzene rings is 1. The SMILES string of the molecule is CN1CCN(CCNc2nccc(-c3ccc(N(C)C)cc3)n2)CC1. The van der Waals surface area contributed by atoms with Crippen LogP contribution in [0.25, 0.3) is 11.3 Å². The van der Waals surface area contributed by atoms with Crippen molar-refractivity contribution in [1.29, 1.82) is 0 Å². The molecule has 0 radical (unpaired) electrons. The molecule has 0 aliphatic carbocycles. The molecule has 1 fully saturated rings. The summed E-state index contributed by atoms with van der Waals surface area (Å²) in [5, 5.41) is 3.36. The first kappa shape index (κ1) is 17.6. The van der Waals surface area contributed by atoms with Crippen LogP contribution >= 0.6 is 0 Å². The third-order valence-corrected chi connectivity index (χ3v) is 4.64. The zero-order chi connectivity index (χ0) is 17.6. The maximum Gasteiger partial charge on any atom is 0.223 e. The van der Waals surface area contributed by atoms with Gasteiger partial charge in [-0.1, -0.05) is 12.1 Å². The molecule has 1 saturated heterocycles. The van der Waals surface area contributed by atoms with Crippen LogP contribution in [0.3, 0.4) is 0 Å². The molecule has 2 aromatic rings. The lowest BCUT2D eigenvalue weighted by molar-refractivity contribution is 0.158. The summed E-state index contributed by atoms with van der Waals surface area (Å²) in [5.41, 5.74) is 3.24. The summed E-state index contributed by atoms with van der Waals surface area (Å²) in [4.78, 5) is 15.9. The van der Waals surface area contributed by atoms with Crippen molar-refractivity contribution in [3.63, 3.8) is 0 Å². The van der Waals surface area contributed by atoms with Gasteiger partial charge in [0.2, 0.25) is 5.95 Å². The van der Waals surface area contributed by atoms with Gasteiger partial charge in [-0.25, -0.2) is 9.97 Å². The Labute approximate surface area is 150 Å². The molecule has 0 atom stereocenters. The molecule has 0 bridgehead atoms. The predicted molar refractivity (Wildman–Crippen MR) is 104 cm³/mol. The predicted octanol–water partition coefficient (Wildman–Crippen LogP) is 1.87. The van der Waals surface area contributed by atoms with E-state index in [1.807, 2.05) is 26.4 Å². The minimum atomic E-state index is 0.698. The average Bonchev–Trinajstić information content (AvgIpc) is 2.64. The standard InChI is InChI=1S/C19H28N6/c1-23(2)17-6-4-16(5-7-17)18-8-9-20-19(22-18)21-10-11-25-14-12-24(3)13-15-25/h4-9H,10-15H2,1-3H3,(H,20,21,22). The Morgan fingerprint density at radius 3 is 2.44 bits per heavy atom. The van der Waals surface area contributed by atoms with Crippen LogP contribution in [0.2, 0.25) is 0 Å². The van der Waals surface area contributed by atoms with E-state index in [9.17, 15) is 0 Å². The van der Waals surface area contributed by atoms with Gasteiger partial charge in [0, 0.05) is 70.8 Å². The van der Waals surface area contributed by atoms with Crippen LogP contribution in [-0.4, -0.2) is 80.2 Å². The molecule has 0 spiro atoms. The highest BCUT2D eigenvalue weighted by Gasteiger charge is 2.13. The summed E-state index contributed by atoms with van der Waals surface area (Å²) >= 11 is 0. The van der Waals surface area contributed by atoms with Gasteiger partial charge in [-0.3, -0.25) is 4.90 Å². The van der Waals surface area contributed by atoms with Crippen molar-refractivity contribution in [2.45, 2.75) is 0 Å².